The minimum absolute atomic E-state index is 0.0205. The van der Waals surface area contributed by atoms with E-state index in [-0.39, 0.29) is 40.1 Å². The van der Waals surface area contributed by atoms with E-state index < -0.39 is 24.0 Å². The number of rotatable bonds is 11. The first-order valence-corrected chi connectivity index (χ1v) is 16.1. The standard InChI is InChI=1S/C21H41NO5SSi2/c1-11-12-28-19-15(18(24)22(19)14-16(23)25-8)13-17(26-29(9)20(2,3)4)27-30(10)21(5,6)7/h11,15,17,19,29-30H,1,12-14H2,2-10H3. The molecule has 0 radical (unpaired) electrons. The molecule has 0 spiro atoms. The maximum atomic E-state index is 12.9. The van der Waals surface area contributed by atoms with E-state index in [2.05, 4.69) is 61.2 Å². The summed E-state index contributed by atoms with van der Waals surface area (Å²) in [4.78, 5) is 26.2. The van der Waals surface area contributed by atoms with Crippen LogP contribution in [0.5, 0.6) is 0 Å². The van der Waals surface area contributed by atoms with Crippen LogP contribution in [0.3, 0.4) is 0 Å². The molecular weight excluding hydrogens is 434 g/mol. The summed E-state index contributed by atoms with van der Waals surface area (Å²) in [5, 5.41) is 0.111. The molecule has 174 valence electrons. The smallest absolute Gasteiger partial charge is 0.325 e. The third-order valence-corrected chi connectivity index (χ3v) is 13.4. The van der Waals surface area contributed by atoms with Crippen molar-refractivity contribution in [2.75, 3.05) is 19.4 Å². The van der Waals surface area contributed by atoms with Gasteiger partial charge in [0.15, 0.2) is 18.1 Å². The lowest BCUT2D eigenvalue weighted by Crippen LogP contribution is -2.61. The summed E-state index contributed by atoms with van der Waals surface area (Å²) in [6, 6.07) is 0. The molecule has 1 aliphatic heterocycles. The van der Waals surface area contributed by atoms with Gasteiger partial charge in [-0.25, -0.2) is 0 Å². The number of methoxy groups -OCH3 is 1. The number of hydrogen-bond donors (Lipinski definition) is 0. The van der Waals surface area contributed by atoms with Crippen molar-refractivity contribution in [1.29, 1.82) is 0 Å². The highest BCUT2D eigenvalue weighted by Gasteiger charge is 2.49. The van der Waals surface area contributed by atoms with Crippen LogP contribution in [0.25, 0.3) is 0 Å². The fraction of sp³-hybridized carbons (Fsp3) is 0.810. The van der Waals surface area contributed by atoms with Gasteiger partial charge < -0.3 is 18.5 Å². The Balaban J connectivity index is 2.98. The second-order valence-electron chi connectivity index (χ2n) is 10.1. The van der Waals surface area contributed by atoms with E-state index in [9.17, 15) is 9.59 Å². The molecule has 0 saturated carbocycles. The van der Waals surface area contributed by atoms with Crippen molar-refractivity contribution in [3.63, 3.8) is 0 Å². The van der Waals surface area contributed by atoms with Crippen LogP contribution in [-0.4, -0.2) is 65.9 Å². The number of carbonyl (C=O) groups excluding carboxylic acids is 2. The lowest BCUT2D eigenvalue weighted by molar-refractivity contribution is -0.162. The lowest BCUT2D eigenvalue weighted by Gasteiger charge is -2.47. The minimum Gasteiger partial charge on any atom is -0.468 e. The Hall–Kier alpha value is -0.616. The number of thioether (sulfide) groups is 1. The zero-order chi connectivity index (χ0) is 23.3. The van der Waals surface area contributed by atoms with Crippen LogP contribution in [0.4, 0.5) is 0 Å². The van der Waals surface area contributed by atoms with Crippen molar-refractivity contribution in [3.8, 4) is 0 Å². The predicted molar refractivity (Wildman–Crippen MR) is 130 cm³/mol. The number of nitrogens with zero attached hydrogens (tertiary/aromatic N) is 1. The highest BCUT2D eigenvalue weighted by Crippen LogP contribution is 2.40. The van der Waals surface area contributed by atoms with E-state index >= 15 is 0 Å². The summed E-state index contributed by atoms with van der Waals surface area (Å²) in [6.45, 7) is 21.3. The van der Waals surface area contributed by atoms with Gasteiger partial charge in [-0.2, -0.15) is 0 Å². The predicted octanol–water partition coefficient (Wildman–Crippen LogP) is 3.92. The van der Waals surface area contributed by atoms with Crippen molar-refractivity contribution in [2.24, 2.45) is 5.92 Å². The van der Waals surface area contributed by atoms with Crippen LogP contribution < -0.4 is 0 Å². The van der Waals surface area contributed by atoms with Crippen LogP contribution in [0, 0.1) is 5.92 Å². The van der Waals surface area contributed by atoms with Gasteiger partial charge in [-0.3, -0.25) is 9.59 Å². The first-order chi connectivity index (χ1) is 13.7. The first kappa shape index (κ1) is 27.4. The normalized spacial score (nSPS) is 22.8. The summed E-state index contributed by atoms with van der Waals surface area (Å²) in [5.74, 6) is 0.0394. The number of hydrogen-bond acceptors (Lipinski definition) is 6. The third-order valence-electron chi connectivity index (χ3n) is 5.76. The average Bonchev–Trinajstić information content (AvgIpc) is 2.63. The maximum Gasteiger partial charge on any atom is 0.325 e. The van der Waals surface area contributed by atoms with Crippen LogP contribution in [-0.2, 0) is 23.2 Å². The largest absolute Gasteiger partial charge is 0.468 e. The van der Waals surface area contributed by atoms with Crippen molar-refractivity contribution < 1.29 is 23.2 Å². The molecule has 0 aliphatic carbocycles. The van der Waals surface area contributed by atoms with Crippen molar-refractivity contribution in [1.82, 2.24) is 4.90 Å². The van der Waals surface area contributed by atoms with Gasteiger partial charge >= 0.3 is 5.97 Å². The van der Waals surface area contributed by atoms with Crippen LogP contribution in [0.1, 0.15) is 48.0 Å². The molecule has 1 saturated heterocycles. The van der Waals surface area contributed by atoms with Gasteiger partial charge in [-0.1, -0.05) is 47.6 Å². The Morgan fingerprint density at radius 2 is 1.67 bits per heavy atom. The molecule has 4 unspecified atom stereocenters. The molecule has 0 aromatic rings. The highest BCUT2D eigenvalue weighted by molar-refractivity contribution is 8.00. The quantitative estimate of drug-likeness (QED) is 0.148. The van der Waals surface area contributed by atoms with E-state index in [0.29, 0.717) is 12.2 Å². The summed E-state index contributed by atoms with van der Waals surface area (Å²) in [6.07, 6.45) is 1.95. The molecule has 1 rings (SSSR count). The fourth-order valence-corrected chi connectivity index (χ4v) is 6.13. The molecule has 9 heteroatoms. The molecule has 4 atom stereocenters. The Bertz CT molecular complexity index is 583. The van der Waals surface area contributed by atoms with Crippen LogP contribution in [0.2, 0.25) is 23.2 Å². The van der Waals surface area contributed by atoms with E-state index in [1.54, 1.807) is 16.7 Å². The molecule has 0 aromatic carbocycles. The van der Waals surface area contributed by atoms with Crippen molar-refractivity contribution >= 4 is 41.7 Å². The van der Waals surface area contributed by atoms with E-state index in [1.165, 1.54) is 7.11 Å². The molecule has 0 aromatic heterocycles. The van der Waals surface area contributed by atoms with Gasteiger partial charge in [-0.05, 0) is 23.2 Å². The summed E-state index contributed by atoms with van der Waals surface area (Å²) >= 11 is 1.62. The molecular formula is C21H41NO5SSi2. The second-order valence-corrected chi connectivity index (χ2v) is 17.8. The number of esters is 1. The Labute approximate surface area is 190 Å². The number of ether oxygens (including phenoxy) is 1. The van der Waals surface area contributed by atoms with Gasteiger partial charge in [0.25, 0.3) is 0 Å². The average molecular weight is 476 g/mol. The van der Waals surface area contributed by atoms with Gasteiger partial charge in [0.2, 0.25) is 5.91 Å². The number of amides is 1. The second kappa shape index (κ2) is 11.3. The van der Waals surface area contributed by atoms with Crippen LogP contribution in [0.15, 0.2) is 12.7 Å². The Morgan fingerprint density at radius 3 is 2.07 bits per heavy atom. The summed E-state index contributed by atoms with van der Waals surface area (Å²) in [7, 11) is -1.74. The molecule has 1 aliphatic rings. The Kier molecular flexibility index (Phi) is 10.3. The fourth-order valence-electron chi connectivity index (χ4n) is 2.77. The minimum atomic E-state index is -1.54. The lowest BCUT2D eigenvalue weighted by atomic mass is 9.94. The SMILES string of the molecule is C=CCSC1C(CC(O[SiH](C)C(C)(C)C)O[SiH](C)C(C)(C)C)C(=O)N1CC(=O)OC. The van der Waals surface area contributed by atoms with Crippen molar-refractivity contribution in [2.45, 2.75) is 82.8 Å². The molecule has 6 nitrogen and oxygen atoms in total. The van der Waals surface area contributed by atoms with Gasteiger partial charge in [0.05, 0.1) is 18.4 Å². The van der Waals surface area contributed by atoms with E-state index in [0.717, 1.165) is 0 Å². The topological polar surface area (TPSA) is 65.1 Å². The van der Waals surface area contributed by atoms with Gasteiger partial charge in [-0.15, -0.1) is 18.3 Å². The number of β-lactam (4-membered cyclic amide) rings is 1. The molecule has 1 heterocycles. The van der Waals surface area contributed by atoms with E-state index in [1.807, 2.05) is 6.08 Å². The van der Waals surface area contributed by atoms with Gasteiger partial charge in [0, 0.05) is 12.2 Å². The molecule has 0 bridgehead atoms. The number of carbonyl (C=O) groups is 2. The summed E-state index contributed by atoms with van der Waals surface area (Å²) in [5.41, 5.74) is 0. The Morgan fingerprint density at radius 1 is 1.17 bits per heavy atom. The molecule has 30 heavy (non-hydrogen) atoms. The highest BCUT2D eigenvalue weighted by atomic mass is 32.2. The maximum absolute atomic E-state index is 12.9. The molecule has 0 N–H and O–H groups in total. The van der Waals surface area contributed by atoms with E-state index in [4.69, 9.17) is 13.6 Å². The molecule has 1 fully saturated rings. The third kappa shape index (κ3) is 7.82. The van der Waals surface area contributed by atoms with Crippen molar-refractivity contribution in [3.05, 3.63) is 12.7 Å². The van der Waals surface area contributed by atoms with Crippen LogP contribution >= 0.6 is 11.8 Å². The zero-order valence-electron chi connectivity index (χ0n) is 20.2. The molecule has 1 amide bonds. The van der Waals surface area contributed by atoms with Gasteiger partial charge in [0.1, 0.15) is 12.8 Å². The summed E-state index contributed by atoms with van der Waals surface area (Å²) < 4.78 is 17.7. The first-order valence-electron chi connectivity index (χ1n) is 10.6. The monoisotopic (exact) mass is 475 g/mol. The number of likely N-dealkylation sites (tertiary alicyclic amines) is 1. The zero-order valence-corrected chi connectivity index (χ0v) is 23.3.